The molecule has 1 aliphatic rings. The highest BCUT2D eigenvalue weighted by molar-refractivity contribution is 9.10. The fourth-order valence-corrected chi connectivity index (χ4v) is 2.71. The molecule has 0 aliphatic carbocycles. The second kappa shape index (κ2) is 3.73. The first-order valence-electron chi connectivity index (χ1n) is 4.90. The van der Waals surface area contributed by atoms with Crippen molar-refractivity contribution in [3.63, 3.8) is 0 Å². The van der Waals surface area contributed by atoms with E-state index in [-0.39, 0.29) is 16.7 Å². The Hall–Kier alpha value is -0.560. The van der Waals surface area contributed by atoms with E-state index in [0.717, 1.165) is 0 Å². The van der Waals surface area contributed by atoms with Crippen molar-refractivity contribution < 1.29 is 13.2 Å². The fourth-order valence-electron chi connectivity index (χ4n) is 1.86. The summed E-state index contributed by atoms with van der Waals surface area (Å²) in [6.07, 6.45) is -4.41. The third-order valence-corrected chi connectivity index (χ3v) is 3.45. The smallest absolute Gasteiger partial charge is 0.317 e. The van der Waals surface area contributed by atoms with E-state index < -0.39 is 11.9 Å². The molecule has 7 heteroatoms. The van der Waals surface area contributed by atoms with Crippen LogP contribution in [0.2, 0.25) is 0 Å². The zero-order valence-corrected chi connectivity index (χ0v) is 10.4. The molecule has 0 aromatic carbocycles. The summed E-state index contributed by atoms with van der Waals surface area (Å²) >= 11 is 2.99. The highest BCUT2D eigenvalue weighted by atomic mass is 79.9. The van der Waals surface area contributed by atoms with Crippen molar-refractivity contribution in [3.05, 3.63) is 16.1 Å². The number of hydrogen-bond acceptors (Lipinski definition) is 2. The van der Waals surface area contributed by atoms with Crippen LogP contribution in [-0.2, 0) is 6.18 Å². The Morgan fingerprint density at radius 1 is 1.44 bits per heavy atom. The van der Waals surface area contributed by atoms with Gasteiger partial charge in [0.05, 0.1) is 6.04 Å². The SMILES string of the molecule is C[C@@H]1NC[C@H](C)n2c1nc(C(F)(F)F)c2Br. The third kappa shape index (κ3) is 1.75. The number of nitrogens with zero attached hydrogens (tertiary/aromatic N) is 2. The Labute approximate surface area is 99.2 Å². The van der Waals surface area contributed by atoms with E-state index in [4.69, 9.17) is 0 Å². The summed E-state index contributed by atoms with van der Waals surface area (Å²) in [5, 5.41) is 3.11. The maximum absolute atomic E-state index is 12.7. The first-order chi connectivity index (χ1) is 7.32. The minimum absolute atomic E-state index is 0.0239. The van der Waals surface area contributed by atoms with Crippen molar-refractivity contribution in [2.45, 2.75) is 32.1 Å². The summed E-state index contributed by atoms with van der Waals surface area (Å²) in [5.41, 5.74) is -0.843. The molecule has 0 amide bonds. The lowest BCUT2D eigenvalue weighted by atomic mass is 10.2. The highest BCUT2D eigenvalue weighted by Gasteiger charge is 2.40. The van der Waals surface area contributed by atoms with Gasteiger partial charge in [0.2, 0.25) is 0 Å². The molecular formula is C9H11BrF3N3. The quantitative estimate of drug-likeness (QED) is 0.798. The molecule has 2 atom stereocenters. The number of nitrogens with one attached hydrogen (secondary N) is 1. The molecule has 0 saturated heterocycles. The lowest BCUT2D eigenvalue weighted by Crippen LogP contribution is -2.34. The first kappa shape index (κ1) is 11.9. The molecule has 0 spiro atoms. The molecule has 90 valence electrons. The van der Waals surface area contributed by atoms with Crippen molar-refractivity contribution in [1.82, 2.24) is 14.9 Å². The molecule has 1 aromatic rings. The predicted molar refractivity (Wildman–Crippen MR) is 56.1 cm³/mol. The van der Waals surface area contributed by atoms with Crippen LogP contribution in [0.3, 0.4) is 0 Å². The normalized spacial score (nSPS) is 25.6. The van der Waals surface area contributed by atoms with Gasteiger partial charge in [-0.05, 0) is 29.8 Å². The van der Waals surface area contributed by atoms with Gasteiger partial charge in [0.25, 0.3) is 0 Å². The van der Waals surface area contributed by atoms with Crippen LogP contribution in [0.4, 0.5) is 13.2 Å². The Morgan fingerprint density at radius 3 is 2.56 bits per heavy atom. The van der Waals surface area contributed by atoms with Gasteiger partial charge in [-0.2, -0.15) is 13.2 Å². The van der Waals surface area contributed by atoms with Crippen LogP contribution >= 0.6 is 15.9 Å². The average molecular weight is 298 g/mol. The van der Waals surface area contributed by atoms with E-state index >= 15 is 0 Å². The zero-order chi connectivity index (χ0) is 12.1. The molecular weight excluding hydrogens is 287 g/mol. The number of hydrogen-bond donors (Lipinski definition) is 1. The number of rotatable bonds is 0. The Balaban J connectivity index is 2.58. The summed E-state index contributed by atoms with van der Waals surface area (Å²) in [6, 6.07) is -0.201. The van der Waals surface area contributed by atoms with E-state index in [2.05, 4.69) is 26.2 Å². The summed E-state index contributed by atoms with van der Waals surface area (Å²) in [7, 11) is 0. The third-order valence-electron chi connectivity index (χ3n) is 2.70. The first-order valence-corrected chi connectivity index (χ1v) is 5.70. The second-order valence-corrected chi connectivity index (χ2v) is 4.71. The van der Waals surface area contributed by atoms with Gasteiger partial charge in [0, 0.05) is 12.6 Å². The van der Waals surface area contributed by atoms with E-state index in [1.54, 1.807) is 11.5 Å². The van der Waals surface area contributed by atoms with Crippen LogP contribution in [0.15, 0.2) is 4.60 Å². The van der Waals surface area contributed by atoms with E-state index in [9.17, 15) is 13.2 Å². The van der Waals surface area contributed by atoms with Crippen LogP contribution in [0, 0.1) is 0 Å². The van der Waals surface area contributed by atoms with Gasteiger partial charge in [-0.1, -0.05) is 0 Å². The summed E-state index contributed by atoms with van der Waals surface area (Å²) in [6.45, 7) is 4.30. The Bertz CT molecular complexity index is 413. The van der Waals surface area contributed by atoms with Crippen molar-refractivity contribution in [2.75, 3.05) is 6.54 Å². The minimum atomic E-state index is -4.41. The van der Waals surface area contributed by atoms with Crippen molar-refractivity contribution in [1.29, 1.82) is 0 Å². The lowest BCUT2D eigenvalue weighted by molar-refractivity contribution is -0.141. The summed E-state index contributed by atoms with van der Waals surface area (Å²) in [5.74, 6) is 0.429. The largest absolute Gasteiger partial charge is 0.436 e. The van der Waals surface area contributed by atoms with Gasteiger partial charge in [-0.15, -0.1) is 0 Å². The summed E-state index contributed by atoms with van der Waals surface area (Å²) < 4.78 is 39.6. The van der Waals surface area contributed by atoms with Gasteiger partial charge >= 0.3 is 6.18 Å². The topological polar surface area (TPSA) is 29.9 Å². The summed E-state index contributed by atoms with van der Waals surface area (Å²) in [4.78, 5) is 3.68. The second-order valence-electron chi connectivity index (χ2n) is 3.96. The predicted octanol–water partition coefficient (Wildman–Crippen LogP) is 2.89. The molecule has 1 N–H and O–H groups in total. The van der Waals surface area contributed by atoms with E-state index in [1.165, 1.54) is 0 Å². The van der Waals surface area contributed by atoms with E-state index in [0.29, 0.717) is 12.4 Å². The van der Waals surface area contributed by atoms with Crippen LogP contribution in [0.1, 0.15) is 37.4 Å². The molecule has 1 aliphatic heterocycles. The van der Waals surface area contributed by atoms with Gasteiger partial charge in [-0.25, -0.2) is 4.98 Å². The van der Waals surface area contributed by atoms with E-state index in [1.807, 2.05) is 6.92 Å². The maximum Gasteiger partial charge on any atom is 0.436 e. The van der Waals surface area contributed by atoms with Crippen LogP contribution in [0.5, 0.6) is 0 Å². The van der Waals surface area contributed by atoms with Gasteiger partial charge in [0.15, 0.2) is 5.69 Å². The number of halogens is 4. The van der Waals surface area contributed by atoms with Crippen molar-refractivity contribution >= 4 is 15.9 Å². The molecule has 0 saturated carbocycles. The Kier molecular flexibility index (Phi) is 2.78. The molecule has 2 heterocycles. The molecule has 2 rings (SSSR count). The van der Waals surface area contributed by atoms with Crippen molar-refractivity contribution in [3.8, 4) is 0 Å². The fraction of sp³-hybridized carbons (Fsp3) is 0.667. The molecule has 16 heavy (non-hydrogen) atoms. The Morgan fingerprint density at radius 2 is 2.06 bits per heavy atom. The lowest BCUT2D eigenvalue weighted by Gasteiger charge is -2.28. The van der Waals surface area contributed by atoms with Crippen LogP contribution in [0.25, 0.3) is 0 Å². The average Bonchev–Trinajstić information content (AvgIpc) is 2.51. The van der Waals surface area contributed by atoms with Crippen LogP contribution < -0.4 is 5.32 Å². The minimum Gasteiger partial charge on any atom is -0.317 e. The number of aromatic nitrogens is 2. The monoisotopic (exact) mass is 297 g/mol. The number of alkyl halides is 3. The van der Waals surface area contributed by atoms with Gasteiger partial charge in [0.1, 0.15) is 10.4 Å². The van der Waals surface area contributed by atoms with Crippen LogP contribution in [-0.4, -0.2) is 16.1 Å². The van der Waals surface area contributed by atoms with Gasteiger partial charge < -0.3 is 9.88 Å². The molecule has 3 nitrogen and oxygen atoms in total. The van der Waals surface area contributed by atoms with Gasteiger partial charge in [-0.3, -0.25) is 0 Å². The standard InChI is InChI=1S/C9H11BrF3N3/c1-4-3-14-5(2)8-15-6(9(11,12)13)7(10)16(4)8/h4-5,14H,3H2,1-2H3/t4-,5-/m0/s1. The molecule has 0 bridgehead atoms. The maximum atomic E-state index is 12.7. The zero-order valence-electron chi connectivity index (χ0n) is 8.77. The molecule has 0 fully saturated rings. The van der Waals surface area contributed by atoms with Crippen molar-refractivity contribution in [2.24, 2.45) is 0 Å². The molecule has 0 radical (unpaired) electrons. The molecule has 0 unspecified atom stereocenters. The highest BCUT2D eigenvalue weighted by Crippen LogP contribution is 2.38. The molecule has 1 aromatic heterocycles. The number of imidazole rings is 1. The number of fused-ring (bicyclic) bond motifs is 1.